The number of hydrogen-bond acceptors (Lipinski definition) is 5. The number of esters is 1. The second kappa shape index (κ2) is 9.27. The van der Waals surface area contributed by atoms with E-state index in [-0.39, 0.29) is 19.1 Å². The summed E-state index contributed by atoms with van der Waals surface area (Å²) in [5.74, 6) is -0.600. The van der Waals surface area contributed by atoms with Gasteiger partial charge in [-0.1, -0.05) is 30.3 Å². The van der Waals surface area contributed by atoms with Crippen LogP contribution in [-0.4, -0.2) is 55.7 Å². The van der Waals surface area contributed by atoms with Crippen LogP contribution in [0, 0.1) is 0 Å². The lowest BCUT2D eigenvalue weighted by Crippen LogP contribution is -2.45. The summed E-state index contributed by atoms with van der Waals surface area (Å²) in [5, 5.41) is 2.69. The molecule has 6 nitrogen and oxygen atoms in total. The van der Waals surface area contributed by atoms with Crippen LogP contribution in [0.4, 0.5) is 0 Å². The number of carbonyl (C=O) groups excluding carboxylic acids is 2. The minimum Gasteiger partial charge on any atom is -0.459 e. The third kappa shape index (κ3) is 6.38. The maximum atomic E-state index is 12.0. The Balaban J connectivity index is 1.70. The zero-order valence-electron chi connectivity index (χ0n) is 13.5. The van der Waals surface area contributed by atoms with Gasteiger partial charge in [0.2, 0.25) is 5.91 Å². The van der Waals surface area contributed by atoms with Gasteiger partial charge in [0.15, 0.2) is 0 Å². The summed E-state index contributed by atoms with van der Waals surface area (Å²) in [6, 6.07) is 8.80. The van der Waals surface area contributed by atoms with E-state index in [0.717, 1.165) is 31.7 Å². The highest BCUT2D eigenvalue weighted by molar-refractivity contribution is 5.85. The van der Waals surface area contributed by atoms with Crippen LogP contribution >= 0.6 is 0 Å². The van der Waals surface area contributed by atoms with Crippen molar-refractivity contribution in [3.8, 4) is 0 Å². The van der Waals surface area contributed by atoms with Crippen molar-refractivity contribution in [1.29, 1.82) is 0 Å². The van der Waals surface area contributed by atoms with Gasteiger partial charge in [0.1, 0.15) is 12.6 Å². The molecule has 0 spiro atoms. The lowest BCUT2D eigenvalue weighted by atomic mass is 10.2. The Morgan fingerprint density at radius 2 is 2.04 bits per heavy atom. The highest BCUT2D eigenvalue weighted by Gasteiger charge is 2.19. The van der Waals surface area contributed by atoms with Crippen molar-refractivity contribution in [1.82, 2.24) is 10.2 Å². The van der Waals surface area contributed by atoms with Crippen LogP contribution in [0.1, 0.15) is 18.9 Å². The van der Waals surface area contributed by atoms with Crippen LogP contribution < -0.4 is 5.32 Å². The highest BCUT2D eigenvalue weighted by atomic mass is 16.5. The lowest BCUT2D eigenvalue weighted by Gasteiger charge is -2.20. The quantitative estimate of drug-likeness (QED) is 0.791. The number of benzene rings is 1. The minimum atomic E-state index is -0.658. The summed E-state index contributed by atoms with van der Waals surface area (Å²) in [6.45, 7) is 5.07. The highest BCUT2D eigenvalue weighted by Crippen LogP contribution is 2.02. The van der Waals surface area contributed by atoms with Crippen LogP contribution in [0.25, 0.3) is 0 Å². The summed E-state index contributed by atoms with van der Waals surface area (Å²) in [6.07, 6.45) is 0.919. The average Bonchev–Trinajstić information content (AvgIpc) is 2.82. The number of rotatable bonds is 6. The Kier molecular flexibility index (Phi) is 7.03. The molecule has 1 aliphatic rings. The zero-order valence-corrected chi connectivity index (χ0v) is 13.5. The number of nitrogens with one attached hydrogen (secondary N) is 1. The molecule has 0 bridgehead atoms. The maximum Gasteiger partial charge on any atom is 0.328 e. The van der Waals surface area contributed by atoms with Gasteiger partial charge in [0, 0.05) is 19.7 Å². The number of amides is 1. The lowest BCUT2D eigenvalue weighted by molar-refractivity contribution is -0.148. The summed E-state index contributed by atoms with van der Waals surface area (Å²) in [4.78, 5) is 26.0. The topological polar surface area (TPSA) is 67.9 Å². The molecule has 0 radical (unpaired) electrons. The van der Waals surface area contributed by atoms with Crippen LogP contribution in [0.15, 0.2) is 30.3 Å². The van der Waals surface area contributed by atoms with Gasteiger partial charge in [-0.05, 0) is 18.9 Å². The Bertz CT molecular complexity index is 499. The Morgan fingerprint density at radius 3 is 2.83 bits per heavy atom. The van der Waals surface area contributed by atoms with Gasteiger partial charge in [-0.3, -0.25) is 9.69 Å². The second-order valence-electron chi connectivity index (χ2n) is 5.62. The fraction of sp³-hybridized carbons (Fsp3) is 0.529. The van der Waals surface area contributed by atoms with Crippen LogP contribution in [-0.2, 0) is 25.7 Å². The van der Waals surface area contributed by atoms with Crippen molar-refractivity contribution >= 4 is 11.9 Å². The molecule has 0 aromatic heterocycles. The van der Waals surface area contributed by atoms with Gasteiger partial charge in [0.05, 0.1) is 13.2 Å². The minimum absolute atomic E-state index is 0.170. The summed E-state index contributed by atoms with van der Waals surface area (Å²) in [7, 11) is 0. The van der Waals surface area contributed by atoms with Crippen molar-refractivity contribution in [2.45, 2.75) is 26.0 Å². The number of nitrogens with zero attached hydrogens (tertiary/aromatic N) is 1. The Morgan fingerprint density at radius 1 is 1.26 bits per heavy atom. The molecule has 1 N–H and O–H groups in total. The van der Waals surface area contributed by atoms with Gasteiger partial charge in [0.25, 0.3) is 0 Å². The first-order valence-corrected chi connectivity index (χ1v) is 7.95. The van der Waals surface area contributed by atoms with Crippen molar-refractivity contribution < 1.29 is 19.1 Å². The van der Waals surface area contributed by atoms with Crippen molar-refractivity contribution in [2.75, 3.05) is 32.8 Å². The van der Waals surface area contributed by atoms with E-state index in [1.165, 1.54) is 0 Å². The molecule has 23 heavy (non-hydrogen) atoms. The van der Waals surface area contributed by atoms with Gasteiger partial charge < -0.3 is 14.8 Å². The Labute approximate surface area is 136 Å². The first-order valence-electron chi connectivity index (χ1n) is 7.95. The van der Waals surface area contributed by atoms with Crippen molar-refractivity contribution in [3.05, 3.63) is 35.9 Å². The van der Waals surface area contributed by atoms with E-state index in [2.05, 4.69) is 5.32 Å². The van der Waals surface area contributed by atoms with E-state index < -0.39 is 12.0 Å². The van der Waals surface area contributed by atoms with Gasteiger partial charge in [-0.15, -0.1) is 0 Å². The van der Waals surface area contributed by atoms with E-state index in [4.69, 9.17) is 9.47 Å². The van der Waals surface area contributed by atoms with Crippen molar-refractivity contribution in [2.24, 2.45) is 0 Å². The molecule has 1 atom stereocenters. The number of carbonyl (C=O) groups is 2. The van der Waals surface area contributed by atoms with E-state index in [9.17, 15) is 9.59 Å². The standard InChI is InChI=1S/C17H24N2O4/c1-14(17(21)23-13-15-6-3-2-4-7-15)18-16(20)12-19-8-5-10-22-11-9-19/h2-4,6-7,14H,5,8-13H2,1H3,(H,18,20)/t14-/m0/s1. The largest absolute Gasteiger partial charge is 0.459 e. The predicted octanol–water partition coefficient (Wildman–Crippen LogP) is 0.957. The molecule has 6 heteroatoms. The molecule has 1 aliphatic heterocycles. The third-order valence-corrected chi connectivity index (χ3v) is 3.64. The van der Waals surface area contributed by atoms with Gasteiger partial charge in [-0.25, -0.2) is 4.79 Å². The van der Waals surface area contributed by atoms with Gasteiger partial charge >= 0.3 is 5.97 Å². The van der Waals surface area contributed by atoms with E-state index in [1.54, 1.807) is 6.92 Å². The molecule has 1 saturated heterocycles. The van der Waals surface area contributed by atoms with Crippen LogP contribution in [0.3, 0.4) is 0 Å². The maximum absolute atomic E-state index is 12.0. The zero-order chi connectivity index (χ0) is 16.5. The normalized spacial score (nSPS) is 17.1. The molecule has 1 fully saturated rings. The van der Waals surface area contributed by atoms with E-state index in [0.29, 0.717) is 6.61 Å². The molecular formula is C17H24N2O4. The molecule has 1 aromatic rings. The number of hydrogen-bond donors (Lipinski definition) is 1. The monoisotopic (exact) mass is 320 g/mol. The predicted molar refractivity (Wildman–Crippen MR) is 85.7 cm³/mol. The van der Waals surface area contributed by atoms with E-state index in [1.807, 2.05) is 35.2 Å². The molecule has 0 unspecified atom stereocenters. The smallest absolute Gasteiger partial charge is 0.328 e. The summed E-state index contributed by atoms with van der Waals surface area (Å²) < 4.78 is 10.6. The molecular weight excluding hydrogens is 296 g/mol. The molecule has 0 aliphatic carbocycles. The molecule has 1 aromatic carbocycles. The summed E-state index contributed by atoms with van der Waals surface area (Å²) in [5.41, 5.74) is 0.920. The third-order valence-electron chi connectivity index (χ3n) is 3.64. The van der Waals surface area contributed by atoms with E-state index >= 15 is 0 Å². The molecule has 1 amide bonds. The average molecular weight is 320 g/mol. The molecule has 1 heterocycles. The Hall–Kier alpha value is -1.92. The fourth-order valence-corrected chi connectivity index (χ4v) is 2.36. The van der Waals surface area contributed by atoms with Gasteiger partial charge in [-0.2, -0.15) is 0 Å². The molecule has 0 saturated carbocycles. The molecule has 126 valence electrons. The van der Waals surface area contributed by atoms with Crippen molar-refractivity contribution in [3.63, 3.8) is 0 Å². The first kappa shape index (κ1) is 17.4. The van der Waals surface area contributed by atoms with Crippen LogP contribution in [0.2, 0.25) is 0 Å². The van der Waals surface area contributed by atoms with Crippen LogP contribution in [0.5, 0.6) is 0 Å². The second-order valence-corrected chi connectivity index (χ2v) is 5.62. The SMILES string of the molecule is C[C@H](NC(=O)CN1CCCOCC1)C(=O)OCc1ccccc1. The number of ether oxygens (including phenoxy) is 2. The molecule has 2 rings (SSSR count). The first-order chi connectivity index (χ1) is 11.1. The summed E-state index contributed by atoms with van der Waals surface area (Å²) >= 11 is 0. The fourth-order valence-electron chi connectivity index (χ4n) is 2.36.